The van der Waals surface area contributed by atoms with E-state index in [4.69, 9.17) is 0 Å². The van der Waals surface area contributed by atoms with Crippen LogP contribution >= 0.6 is 0 Å². The van der Waals surface area contributed by atoms with Crippen LogP contribution in [0, 0.1) is 11.8 Å². The maximum absolute atomic E-state index is 12.1. The van der Waals surface area contributed by atoms with E-state index in [-0.39, 0.29) is 17.2 Å². The molecule has 2 rings (SSSR count). The molecule has 1 aliphatic heterocycles. The summed E-state index contributed by atoms with van der Waals surface area (Å²) in [5, 5.41) is 2.92. The van der Waals surface area contributed by atoms with Crippen molar-refractivity contribution in [3.8, 4) is 0 Å². The van der Waals surface area contributed by atoms with E-state index in [2.05, 4.69) is 41.0 Å². The molecule has 1 atom stereocenters. The van der Waals surface area contributed by atoms with Crippen LogP contribution in [-0.4, -0.2) is 46.5 Å². The number of carbonyl (C=O) groups is 1. The minimum atomic E-state index is -0.314. The van der Waals surface area contributed by atoms with Gasteiger partial charge in [0.15, 0.2) is 0 Å². The molecular weight excluding hydrogens is 280 g/mol. The van der Waals surface area contributed by atoms with Gasteiger partial charge >= 0.3 is 0 Å². The quantitative estimate of drug-likeness (QED) is 0.858. The van der Waals surface area contributed by atoms with Crippen molar-refractivity contribution in [2.75, 3.05) is 19.6 Å². The third kappa shape index (κ3) is 4.40. The predicted molar refractivity (Wildman–Crippen MR) is 85.8 cm³/mol. The predicted octanol–water partition coefficient (Wildman–Crippen LogP) is 1.26. The number of hydrogen-bond donors (Lipinski definition) is 2. The van der Waals surface area contributed by atoms with Crippen molar-refractivity contribution >= 4 is 5.91 Å². The molecule has 1 aromatic heterocycles. The summed E-state index contributed by atoms with van der Waals surface area (Å²) in [6.07, 6.45) is 3.68. The van der Waals surface area contributed by atoms with E-state index in [1.54, 1.807) is 0 Å². The minimum absolute atomic E-state index is 0.165. The van der Waals surface area contributed by atoms with E-state index >= 15 is 0 Å². The number of carbonyl (C=O) groups excluding carboxylic acids is 1. The van der Waals surface area contributed by atoms with Crippen molar-refractivity contribution in [1.82, 2.24) is 20.2 Å². The number of piperidine rings is 1. The van der Waals surface area contributed by atoms with Crippen LogP contribution in [0.1, 0.15) is 44.1 Å². The molecule has 6 heteroatoms. The third-order valence-electron chi connectivity index (χ3n) is 4.44. The Morgan fingerprint density at radius 1 is 1.45 bits per heavy atom. The van der Waals surface area contributed by atoms with Gasteiger partial charge in [-0.05, 0) is 37.8 Å². The molecule has 0 spiro atoms. The van der Waals surface area contributed by atoms with Crippen LogP contribution in [0.4, 0.5) is 0 Å². The Morgan fingerprint density at radius 3 is 2.73 bits per heavy atom. The molecule has 0 bridgehead atoms. The second-order valence-corrected chi connectivity index (χ2v) is 6.54. The number of nitrogens with one attached hydrogen (secondary N) is 2. The highest BCUT2D eigenvalue weighted by Crippen LogP contribution is 2.21. The molecule has 2 heterocycles. The fourth-order valence-electron chi connectivity index (χ4n) is 2.93. The van der Waals surface area contributed by atoms with Crippen molar-refractivity contribution in [1.29, 1.82) is 0 Å². The van der Waals surface area contributed by atoms with E-state index in [9.17, 15) is 9.59 Å². The van der Waals surface area contributed by atoms with E-state index in [0.29, 0.717) is 18.5 Å². The average Bonchev–Trinajstić information content (AvgIpc) is 2.48. The molecule has 1 fully saturated rings. The highest BCUT2D eigenvalue weighted by Gasteiger charge is 2.26. The van der Waals surface area contributed by atoms with Crippen LogP contribution in [0.2, 0.25) is 0 Å². The number of nitrogens with zero attached hydrogens (tertiary/aromatic N) is 2. The smallest absolute Gasteiger partial charge is 0.270 e. The molecule has 122 valence electrons. The van der Waals surface area contributed by atoms with Gasteiger partial charge in [0.2, 0.25) is 0 Å². The number of H-pyrrole nitrogens is 1. The normalized spacial score (nSPS) is 18.4. The summed E-state index contributed by atoms with van der Waals surface area (Å²) in [4.78, 5) is 32.1. The molecule has 1 aromatic rings. The van der Waals surface area contributed by atoms with Crippen molar-refractivity contribution in [3.63, 3.8) is 0 Å². The highest BCUT2D eigenvalue weighted by atomic mass is 16.2. The summed E-state index contributed by atoms with van der Waals surface area (Å²) in [6.45, 7) is 9.41. The van der Waals surface area contributed by atoms with Crippen molar-refractivity contribution in [2.24, 2.45) is 11.8 Å². The van der Waals surface area contributed by atoms with Gasteiger partial charge in [0.1, 0.15) is 5.69 Å². The third-order valence-corrected chi connectivity index (χ3v) is 4.44. The Hall–Kier alpha value is -1.69. The zero-order valence-corrected chi connectivity index (χ0v) is 13.6. The lowest BCUT2D eigenvalue weighted by Gasteiger charge is -2.38. The van der Waals surface area contributed by atoms with Gasteiger partial charge in [0.25, 0.3) is 11.5 Å². The van der Waals surface area contributed by atoms with Gasteiger partial charge in [0.05, 0.1) is 6.33 Å². The van der Waals surface area contributed by atoms with Gasteiger partial charge in [-0.2, -0.15) is 0 Å². The summed E-state index contributed by atoms with van der Waals surface area (Å²) in [7, 11) is 0. The first-order valence-corrected chi connectivity index (χ1v) is 8.04. The molecule has 1 amide bonds. The lowest BCUT2D eigenvalue weighted by Crippen LogP contribution is -2.49. The standard InChI is InChI=1S/C16H26N4O2/c1-11(2)14(20-6-4-12(3)5-7-20)9-17-16(22)13-8-15(21)19-10-18-13/h8,10-12,14H,4-7,9H2,1-3H3,(H,17,22)(H,18,19,21). The Kier molecular flexibility index (Phi) is 5.71. The lowest BCUT2D eigenvalue weighted by atomic mass is 9.94. The minimum Gasteiger partial charge on any atom is -0.349 e. The van der Waals surface area contributed by atoms with E-state index in [1.807, 2.05) is 0 Å². The van der Waals surface area contributed by atoms with Gasteiger partial charge in [-0.3, -0.25) is 14.5 Å². The summed E-state index contributed by atoms with van der Waals surface area (Å²) < 4.78 is 0. The zero-order chi connectivity index (χ0) is 16.1. The molecule has 22 heavy (non-hydrogen) atoms. The van der Waals surface area contributed by atoms with Crippen LogP contribution in [-0.2, 0) is 0 Å². The Balaban J connectivity index is 1.94. The van der Waals surface area contributed by atoms with E-state index < -0.39 is 0 Å². The average molecular weight is 306 g/mol. The fraction of sp³-hybridized carbons (Fsp3) is 0.688. The number of hydrogen-bond acceptors (Lipinski definition) is 4. The molecule has 0 aliphatic carbocycles. The molecule has 0 saturated carbocycles. The van der Waals surface area contributed by atoms with Crippen LogP contribution in [0.25, 0.3) is 0 Å². The Labute approximate surface area is 131 Å². The zero-order valence-electron chi connectivity index (χ0n) is 13.6. The Bertz CT molecular complexity index is 547. The van der Waals surface area contributed by atoms with Gasteiger partial charge < -0.3 is 10.3 Å². The number of amides is 1. The summed E-state index contributed by atoms with van der Waals surface area (Å²) in [6, 6.07) is 1.54. The topological polar surface area (TPSA) is 78.1 Å². The lowest BCUT2D eigenvalue weighted by molar-refractivity contribution is 0.0859. The summed E-state index contributed by atoms with van der Waals surface area (Å²) in [5.41, 5.74) is -0.149. The number of rotatable bonds is 5. The number of aromatic nitrogens is 2. The second kappa shape index (κ2) is 7.54. The van der Waals surface area contributed by atoms with E-state index in [0.717, 1.165) is 19.0 Å². The van der Waals surface area contributed by atoms with Crippen molar-refractivity contribution in [3.05, 3.63) is 28.4 Å². The van der Waals surface area contributed by atoms with Crippen LogP contribution < -0.4 is 10.9 Å². The molecule has 0 aromatic carbocycles. The molecule has 1 saturated heterocycles. The highest BCUT2D eigenvalue weighted by molar-refractivity contribution is 5.92. The van der Waals surface area contributed by atoms with Gasteiger partial charge in [-0.25, -0.2) is 4.98 Å². The van der Waals surface area contributed by atoms with Crippen LogP contribution in [0.5, 0.6) is 0 Å². The molecule has 6 nitrogen and oxygen atoms in total. The van der Waals surface area contributed by atoms with Gasteiger partial charge in [-0.1, -0.05) is 20.8 Å². The number of likely N-dealkylation sites (tertiary alicyclic amines) is 1. The number of aromatic amines is 1. The first-order chi connectivity index (χ1) is 10.5. The maximum atomic E-state index is 12.1. The van der Waals surface area contributed by atoms with Crippen molar-refractivity contribution < 1.29 is 4.79 Å². The van der Waals surface area contributed by atoms with Gasteiger partial charge in [0, 0.05) is 18.7 Å². The molecular formula is C16H26N4O2. The second-order valence-electron chi connectivity index (χ2n) is 6.54. The van der Waals surface area contributed by atoms with Gasteiger partial charge in [-0.15, -0.1) is 0 Å². The summed E-state index contributed by atoms with van der Waals surface area (Å²) >= 11 is 0. The SMILES string of the molecule is CC1CCN(C(CNC(=O)c2cc(=O)[nH]cn2)C(C)C)CC1. The largest absolute Gasteiger partial charge is 0.349 e. The molecule has 2 N–H and O–H groups in total. The van der Waals surface area contributed by atoms with Crippen molar-refractivity contribution in [2.45, 2.75) is 39.7 Å². The molecule has 0 radical (unpaired) electrons. The Morgan fingerprint density at radius 2 is 2.14 bits per heavy atom. The van der Waals surface area contributed by atoms with E-state index in [1.165, 1.54) is 25.2 Å². The summed E-state index contributed by atoms with van der Waals surface area (Å²) in [5.74, 6) is 0.960. The molecule has 1 unspecified atom stereocenters. The first-order valence-electron chi connectivity index (χ1n) is 8.04. The van der Waals surface area contributed by atoms with Crippen LogP contribution in [0.3, 0.4) is 0 Å². The molecule has 1 aliphatic rings. The van der Waals surface area contributed by atoms with Crippen LogP contribution in [0.15, 0.2) is 17.2 Å². The monoisotopic (exact) mass is 306 g/mol. The maximum Gasteiger partial charge on any atom is 0.270 e. The fourth-order valence-corrected chi connectivity index (χ4v) is 2.93. The first kappa shape index (κ1) is 16.7.